The van der Waals surface area contributed by atoms with Crippen molar-refractivity contribution in [3.63, 3.8) is 0 Å². The highest BCUT2D eigenvalue weighted by atomic mass is 32.2. The molecule has 0 bridgehead atoms. The molecule has 0 saturated carbocycles. The fourth-order valence-electron chi connectivity index (χ4n) is 2.10. The van der Waals surface area contributed by atoms with Crippen molar-refractivity contribution in [1.29, 1.82) is 0 Å². The van der Waals surface area contributed by atoms with Crippen LogP contribution in [0, 0.1) is 0 Å². The lowest BCUT2D eigenvalue weighted by Crippen LogP contribution is -2.05. The maximum Gasteiger partial charge on any atom is 0.242 e. The predicted octanol–water partition coefficient (Wildman–Crippen LogP) is 3.12. The minimum absolute atomic E-state index is 0.596. The largest absolute Gasteiger partial charge is 0.353 e. The summed E-state index contributed by atoms with van der Waals surface area (Å²) in [6, 6.07) is 8.12. The summed E-state index contributed by atoms with van der Waals surface area (Å²) in [7, 11) is 0. The van der Waals surface area contributed by atoms with Crippen molar-refractivity contribution in [3.8, 4) is 0 Å². The summed E-state index contributed by atoms with van der Waals surface area (Å²) in [5.74, 6) is 1.67. The number of hydrogen-bond donors (Lipinski definition) is 2. The fourth-order valence-corrected chi connectivity index (χ4v) is 2.99. The number of nitrogens with one attached hydrogen (secondary N) is 2. The standard InChI is InChI=1S/C15H18N6S/c1(4-8-16-14-17-9-10-18-21-14)5-11-22-15-19-12-6-2-3-7-13(12)20-15/h2-3,6-7,9-10H,1,4-5,8,11H2,(H,19,20)(H,16,17,21). The Hall–Kier alpha value is -2.15. The van der Waals surface area contributed by atoms with Gasteiger partial charge in [0.05, 0.1) is 23.4 Å². The van der Waals surface area contributed by atoms with Crippen LogP contribution in [0.2, 0.25) is 0 Å². The van der Waals surface area contributed by atoms with Crippen LogP contribution in [0.1, 0.15) is 19.3 Å². The third-order valence-electron chi connectivity index (χ3n) is 3.19. The fraction of sp³-hybridized carbons (Fsp3) is 0.333. The minimum Gasteiger partial charge on any atom is -0.353 e. The number of thioether (sulfide) groups is 1. The topological polar surface area (TPSA) is 79.4 Å². The number of imidazole rings is 1. The summed E-state index contributed by atoms with van der Waals surface area (Å²) in [5.41, 5.74) is 2.14. The maximum absolute atomic E-state index is 4.56. The number of aromatic nitrogens is 5. The van der Waals surface area contributed by atoms with Gasteiger partial charge in [-0.25, -0.2) is 9.97 Å². The Kier molecular flexibility index (Phi) is 5.20. The molecule has 1 aromatic carbocycles. The molecular weight excluding hydrogens is 296 g/mol. The van der Waals surface area contributed by atoms with E-state index in [4.69, 9.17) is 0 Å². The summed E-state index contributed by atoms with van der Waals surface area (Å²) in [6.45, 7) is 0.876. The third-order valence-corrected chi connectivity index (χ3v) is 4.15. The molecule has 0 atom stereocenters. The van der Waals surface area contributed by atoms with E-state index >= 15 is 0 Å². The van der Waals surface area contributed by atoms with Gasteiger partial charge in [0.2, 0.25) is 5.95 Å². The van der Waals surface area contributed by atoms with Gasteiger partial charge in [0, 0.05) is 12.3 Å². The van der Waals surface area contributed by atoms with Crippen LogP contribution in [0.5, 0.6) is 0 Å². The molecule has 0 aliphatic carbocycles. The molecule has 0 fully saturated rings. The molecule has 0 amide bonds. The lowest BCUT2D eigenvalue weighted by molar-refractivity contribution is 0.743. The highest BCUT2D eigenvalue weighted by Gasteiger charge is 2.02. The van der Waals surface area contributed by atoms with E-state index in [0.29, 0.717) is 5.95 Å². The van der Waals surface area contributed by atoms with E-state index in [1.165, 1.54) is 6.42 Å². The van der Waals surface area contributed by atoms with Gasteiger partial charge in [-0.3, -0.25) is 0 Å². The van der Waals surface area contributed by atoms with Gasteiger partial charge in [0.1, 0.15) is 0 Å². The second-order valence-corrected chi connectivity index (χ2v) is 5.94. The SMILES string of the molecule is c1ccc2[nH]c(SCCCCCNc3nccnn3)nc2c1. The molecule has 0 aliphatic heterocycles. The number of nitrogens with zero attached hydrogens (tertiary/aromatic N) is 4. The predicted molar refractivity (Wildman–Crippen MR) is 89.0 cm³/mol. The molecule has 22 heavy (non-hydrogen) atoms. The van der Waals surface area contributed by atoms with Crippen molar-refractivity contribution in [3.05, 3.63) is 36.7 Å². The van der Waals surface area contributed by atoms with Crippen molar-refractivity contribution < 1.29 is 0 Å². The smallest absolute Gasteiger partial charge is 0.242 e. The Balaban J connectivity index is 1.30. The van der Waals surface area contributed by atoms with E-state index in [9.17, 15) is 0 Å². The summed E-state index contributed by atoms with van der Waals surface area (Å²) >= 11 is 1.78. The van der Waals surface area contributed by atoms with E-state index in [1.807, 2.05) is 18.2 Å². The average Bonchev–Trinajstić information content (AvgIpc) is 2.97. The Morgan fingerprint density at radius 3 is 2.91 bits per heavy atom. The Morgan fingerprint density at radius 2 is 2.05 bits per heavy atom. The highest BCUT2D eigenvalue weighted by molar-refractivity contribution is 7.99. The minimum atomic E-state index is 0.596. The molecule has 3 aromatic rings. The normalized spacial score (nSPS) is 10.9. The zero-order valence-electron chi connectivity index (χ0n) is 12.2. The number of H-pyrrole nitrogens is 1. The van der Waals surface area contributed by atoms with Gasteiger partial charge in [-0.05, 0) is 25.0 Å². The Labute approximate surface area is 133 Å². The maximum atomic E-state index is 4.56. The number of unbranched alkanes of at least 4 members (excludes halogenated alkanes) is 2. The molecule has 0 aliphatic rings. The number of para-hydroxylation sites is 2. The van der Waals surface area contributed by atoms with E-state index in [0.717, 1.165) is 41.3 Å². The van der Waals surface area contributed by atoms with Crippen LogP contribution >= 0.6 is 11.8 Å². The molecule has 3 rings (SSSR count). The average molecular weight is 314 g/mol. The number of anilines is 1. The Bertz CT molecular complexity index is 666. The summed E-state index contributed by atoms with van der Waals surface area (Å²) < 4.78 is 0. The van der Waals surface area contributed by atoms with Crippen LogP contribution in [0.4, 0.5) is 5.95 Å². The molecule has 2 heterocycles. The van der Waals surface area contributed by atoms with Gasteiger partial charge in [0.25, 0.3) is 0 Å². The monoisotopic (exact) mass is 314 g/mol. The lowest BCUT2D eigenvalue weighted by Gasteiger charge is -2.03. The number of aromatic amines is 1. The molecule has 0 unspecified atom stereocenters. The van der Waals surface area contributed by atoms with Crippen LogP contribution < -0.4 is 5.32 Å². The van der Waals surface area contributed by atoms with Crippen molar-refractivity contribution in [2.24, 2.45) is 0 Å². The van der Waals surface area contributed by atoms with Crippen molar-refractivity contribution in [2.45, 2.75) is 24.4 Å². The highest BCUT2D eigenvalue weighted by Crippen LogP contribution is 2.20. The van der Waals surface area contributed by atoms with Gasteiger partial charge >= 0.3 is 0 Å². The van der Waals surface area contributed by atoms with E-state index in [-0.39, 0.29) is 0 Å². The van der Waals surface area contributed by atoms with Gasteiger partial charge in [-0.2, -0.15) is 5.10 Å². The first-order valence-electron chi connectivity index (χ1n) is 7.37. The first kappa shape index (κ1) is 14.8. The molecular formula is C15H18N6S. The van der Waals surface area contributed by atoms with E-state index < -0.39 is 0 Å². The molecule has 6 nitrogen and oxygen atoms in total. The van der Waals surface area contributed by atoms with Gasteiger partial charge in [-0.1, -0.05) is 30.3 Å². The van der Waals surface area contributed by atoms with Crippen LogP contribution in [-0.4, -0.2) is 37.4 Å². The number of hydrogen-bond acceptors (Lipinski definition) is 6. The zero-order valence-corrected chi connectivity index (χ0v) is 13.0. The second kappa shape index (κ2) is 7.74. The number of benzene rings is 1. The van der Waals surface area contributed by atoms with Crippen molar-refractivity contribution >= 4 is 28.7 Å². The van der Waals surface area contributed by atoms with Gasteiger partial charge < -0.3 is 10.3 Å². The van der Waals surface area contributed by atoms with E-state index in [1.54, 1.807) is 24.2 Å². The lowest BCUT2D eigenvalue weighted by atomic mass is 10.2. The van der Waals surface area contributed by atoms with Crippen LogP contribution in [0.3, 0.4) is 0 Å². The van der Waals surface area contributed by atoms with Crippen LogP contribution in [0.25, 0.3) is 11.0 Å². The molecule has 114 valence electrons. The molecule has 7 heteroatoms. The third kappa shape index (κ3) is 4.17. The quantitative estimate of drug-likeness (QED) is 0.491. The molecule has 2 N–H and O–H groups in total. The van der Waals surface area contributed by atoms with Crippen LogP contribution in [0.15, 0.2) is 41.8 Å². The molecule has 0 spiro atoms. The summed E-state index contributed by atoms with van der Waals surface area (Å²) in [6.07, 6.45) is 6.64. The number of fused-ring (bicyclic) bond motifs is 1. The van der Waals surface area contributed by atoms with Crippen LogP contribution in [-0.2, 0) is 0 Å². The number of rotatable bonds is 8. The zero-order chi connectivity index (χ0) is 15.0. The van der Waals surface area contributed by atoms with Gasteiger partial charge in [0.15, 0.2) is 5.16 Å². The summed E-state index contributed by atoms with van der Waals surface area (Å²) in [5, 5.41) is 11.8. The second-order valence-electron chi connectivity index (χ2n) is 4.86. The Morgan fingerprint density at radius 1 is 1.09 bits per heavy atom. The summed E-state index contributed by atoms with van der Waals surface area (Å²) in [4.78, 5) is 12.0. The molecule has 0 radical (unpaired) electrons. The van der Waals surface area contributed by atoms with E-state index in [2.05, 4.69) is 36.5 Å². The van der Waals surface area contributed by atoms with Gasteiger partial charge in [-0.15, -0.1) is 5.10 Å². The van der Waals surface area contributed by atoms with Crippen molar-refractivity contribution in [2.75, 3.05) is 17.6 Å². The first-order valence-corrected chi connectivity index (χ1v) is 8.35. The molecule has 2 aromatic heterocycles. The molecule has 0 saturated heterocycles. The van der Waals surface area contributed by atoms with Crippen molar-refractivity contribution in [1.82, 2.24) is 25.1 Å². The first-order chi connectivity index (χ1) is 10.9.